The van der Waals surface area contributed by atoms with Gasteiger partial charge in [0, 0.05) is 66.0 Å². The van der Waals surface area contributed by atoms with Crippen LogP contribution in [0.1, 0.15) is 13.8 Å². The van der Waals surface area contributed by atoms with Gasteiger partial charge in [0.15, 0.2) is 5.82 Å². The van der Waals surface area contributed by atoms with E-state index in [4.69, 9.17) is 18.8 Å². The van der Waals surface area contributed by atoms with E-state index in [9.17, 15) is 0 Å². The molecule has 0 saturated carbocycles. The molecule has 0 N–H and O–H groups in total. The Morgan fingerprint density at radius 2 is 0.896 bits per heavy atom. The van der Waals surface area contributed by atoms with Crippen LogP contribution in [0.4, 0.5) is 0 Å². The summed E-state index contributed by atoms with van der Waals surface area (Å²) in [7, 11) is 0. The number of hydrogen-bond donors (Lipinski definition) is 0. The number of hydrogen-bond acceptors (Lipinski definition) is 4. The molecule has 0 atom stereocenters. The molecule has 14 rings (SSSR count). The number of furan rings is 2. The van der Waals surface area contributed by atoms with Crippen molar-refractivity contribution in [3.8, 4) is 50.7 Å². The third-order valence-electron chi connectivity index (χ3n) is 13.2. The summed E-state index contributed by atoms with van der Waals surface area (Å²) in [5.41, 5.74) is 12.6. The van der Waals surface area contributed by atoms with Crippen LogP contribution in [-0.4, -0.2) is 14.5 Å². The maximum absolute atomic E-state index is 6.56. The molecule has 0 saturated heterocycles. The van der Waals surface area contributed by atoms with Gasteiger partial charge in [0.1, 0.15) is 28.1 Å². The molecule has 67 heavy (non-hydrogen) atoms. The van der Waals surface area contributed by atoms with E-state index in [0.29, 0.717) is 5.82 Å². The van der Waals surface area contributed by atoms with Crippen LogP contribution in [0.25, 0.3) is 138 Å². The normalized spacial score (nSPS) is 11.7. The lowest BCUT2D eigenvalue weighted by Crippen LogP contribution is -2.03. The maximum Gasteiger partial charge on any atom is 0.162 e. The molecule has 316 valence electrons. The van der Waals surface area contributed by atoms with Crippen molar-refractivity contribution < 1.29 is 8.83 Å². The molecule has 0 unspecified atom stereocenters. The van der Waals surface area contributed by atoms with E-state index in [1.165, 1.54) is 21.5 Å². The fourth-order valence-electron chi connectivity index (χ4n) is 10.3. The van der Waals surface area contributed by atoms with E-state index in [0.717, 1.165) is 111 Å². The van der Waals surface area contributed by atoms with E-state index in [-0.39, 0.29) is 0 Å². The van der Waals surface area contributed by atoms with Crippen LogP contribution in [-0.2, 0) is 0 Å². The van der Waals surface area contributed by atoms with Crippen LogP contribution in [0.15, 0.2) is 221 Å². The molecular formula is C62H41N3O2. The molecule has 0 bridgehead atoms. The van der Waals surface area contributed by atoms with Crippen LogP contribution >= 0.6 is 0 Å². The fourth-order valence-corrected chi connectivity index (χ4v) is 10.3. The molecule has 0 radical (unpaired) electrons. The van der Waals surface area contributed by atoms with Crippen LogP contribution in [0.5, 0.6) is 0 Å². The second-order valence-corrected chi connectivity index (χ2v) is 16.8. The Kier molecular flexibility index (Phi) is 8.90. The van der Waals surface area contributed by atoms with Gasteiger partial charge in [-0.05, 0) is 57.6 Å². The highest BCUT2D eigenvalue weighted by Gasteiger charge is 2.24. The highest BCUT2D eigenvalue weighted by Crippen LogP contribution is 2.46. The zero-order valence-corrected chi connectivity index (χ0v) is 36.9. The quantitative estimate of drug-likeness (QED) is 0.162. The summed E-state index contributed by atoms with van der Waals surface area (Å²) < 4.78 is 15.4. The van der Waals surface area contributed by atoms with Crippen molar-refractivity contribution in [3.63, 3.8) is 0 Å². The van der Waals surface area contributed by atoms with Crippen molar-refractivity contribution in [2.24, 2.45) is 0 Å². The maximum atomic E-state index is 6.56. The Morgan fingerprint density at radius 1 is 0.343 bits per heavy atom. The van der Waals surface area contributed by atoms with Gasteiger partial charge in [0.25, 0.3) is 0 Å². The lowest BCUT2D eigenvalue weighted by Gasteiger charge is -2.15. The Morgan fingerprint density at radius 3 is 1.67 bits per heavy atom. The minimum Gasteiger partial charge on any atom is -0.456 e. The number of aromatic nitrogens is 3. The van der Waals surface area contributed by atoms with Crippen molar-refractivity contribution in [1.82, 2.24) is 14.5 Å². The van der Waals surface area contributed by atoms with Crippen LogP contribution in [0.2, 0.25) is 0 Å². The number of nitrogens with zero attached hydrogens (tertiary/aromatic N) is 3. The van der Waals surface area contributed by atoms with E-state index >= 15 is 0 Å². The third-order valence-corrected chi connectivity index (χ3v) is 13.2. The summed E-state index contributed by atoms with van der Waals surface area (Å²) in [5, 5.41) is 11.5. The van der Waals surface area contributed by atoms with E-state index < -0.39 is 0 Å². The largest absolute Gasteiger partial charge is 0.456 e. The zero-order chi connectivity index (χ0) is 44.6. The van der Waals surface area contributed by atoms with Crippen LogP contribution in [0.3, 0.4) is 0 Å². The Labute approximate surface area is 385 Å². The lowest BCUT2D eigenvalue weighted by molar-refractivity contribution is 0.669. The average Bonchev–Trinajstić information content (AvgIpc) is 4.09. The molecule has 4 aromatic heterocycles. The Bertz CT molecular complexity index is 4250. The SMILES string of the molecule is CC.c1ccc(-c2nc(-c3ccc4c(c3)oc3ccccc34)cc(-n3c4c(-c5cccc(-c6cccc7c6oc6ccccc67)c5)cccc4c4c5ccccc5c5ccccc5c43)n2)cc1. The minimum atomic E-state index is 0.640. The van der Waals surface area contributed by atoms with Crippen molar-refractivity contribution in [1.29, 1.82) is 0 Å². The summed E-state index contributed by atoms with van der Waals surface area (Å²) in [6, 6.07) is 74.9. The van der Waals surface area contributed by atoms with Gasteiger partial charge >= 0.3 is 0 Å². The highest BCUT2D eigenvalue weighted by molar-refractivity contribution is 6.33. The van der Waals surface area contributed by atoms with Crippen molar-refractivity contribution >= 4 is 87.2 Å². The topological polar surface area (TPSA) is 57.0 Å². The third kappa shape index (κ3) is 6.02. The number of fused-ring (bicyclic) bond motifs is 14. The summed E-state index contributed by atoms with van der Waals surface area (Å²) in [6.07, 6.45) is 0. The first-order chi connectivity index (χ1) is 33.2. The van der Waals surface area contributed by atoms with E-state index in [2.05, 4.69) is 174 Å². The molecule has 0 aliphatic carbocycles. The number of benzene rings is 10. The average molecular weight is 860 g/mol. The molecule has 0 fully saturated rings. The van der Waals surface area contributed by atoms with E-state index in [1.807, 2.05) is 56.3 Å². The molecule has 0 aliphatic heterocycles. The predicted molar refractivity (Wildman–Crippen MR) is 279 cm³/mol. The van der Waals surface area contributed by atoms with Gasteiger partial charge in [0.2, 0.25) is 0 Å². The first kappa shape index (κ1) is 38.6. The standard InChI is InChI=1S/C60H35N3O2.C2H6/c1-2-15-36(16-3-1)60-61-51(39-31-32-46-44-21-8-10-29-52(44)64-54(46)34-39)35-55(62-60)63-57-40(25-13-28-50(57)56-47-23-6-4-19-42(47)43-20-5-7-24-48(43)58(56)63)37-17-12-18-38(33-37)41-26-14-27-49-45-22-9-11-30-53(45)65-59(41)49;1-2/h1-35H;1-2H3. The van der Waals surface area contributed by atoms with E-state index in [1.54, 1.807) is 0 Å². The molecule has 0 spiro atoms. The first-order valence-corrected chi connectivity index (χ1v) is 23.0. The van der Waals surface area contributed by atoms with Gasteiger partial charge in [-0.2, -0.15) is 0 Å². The predicted octanol–water partition coefficient (Wildman–Crippen LogP) is 17.4. The first-order valence-electron chi connectivity index (χ1n) is 23.0. The Hall–Kier alpha value is -8.80. The highest BCUT2D eigenvalue weighted by atomic mass is 16.3. The Balaban J connectivity index is 0.00000220. The number of para-hydroxylation sites is 4. The smallest absolute Gasteiger partial charge is 0.162 e. The van der Waals surface area contributed by atoms with Crippen molar-refractivity contribution in [2.45, 2.75) is 13.8 Å². The molecule has 5 nitrogen and oxygen atoms in total. The molecule has 10 aromatic carbocycles. The molecule has 0 aliphatic rings. The second-order valence-electron chi connectivity index (χ2n) is 16.8. The second kappa shape index (κ2) is 15.4. The molecule has 14 aromatic rings. The van der Waals surface area contributed by atoms with Crippen LogP contribution in [0, 0.1) is 0 Å². The van der Waals surface area contributed by atoms with Gasteiger partial charge in [0.05, 0.1) is 16.7 Å². The number of rotatable bonds is 5. The van der Waals surface area contributed by atoms with Gasteiger partial charge in [-0.15, -0.1) is 0 Å². The molecular weight excluding hydrogens is 819 g/mol. The summed E-state index contributed by atoms with van der Waals surface area (Å²) in [6.45, 7) is 4.00. The summed E-state index contributed by atoms with van der Waals surface area (Å²) in [4.78, 5) is 10.8. The van der Waals surface area contributed by atoms with Crippen molar-refractivity contribution in [2.75, 3.05) is 0 Å². The summed E-state index contributed by atoms with van der Waals surface area (Å²) in [5.74, 6) is 1.41. The van der Waals surface area contributed by atoms with Gasteiger partial charge in [-0.1, -0.05) is 190 Å². The molecule has 0 amide bonds. The van der Waals surface area contributed by atoms with Crippen LogP contribution < -0.4 is 0 Å². The van der Waals surface area contributed by atoms with Crippen molar-refractivity contribution in [3.05, 3.63) is 212 Å². The minimum absolute atomic E-state index is 0.640. The molecule has 5 heteroatoms. The monoisotopic (exact) mass is 859 g/mol. The molecule has 4 heterocycles. The van der Waals surface area contributed by atoms with Gasteiger partial charge in [-0.3, -0.25) is 4.57 Å². The zero-order valence-electron chi connectivity index (χ0n) is 36.9. The fraction of sp³-hybridized carbons (Fsp3) is 0.0323. The lowest BCUT2D eigenvalue weighted by atomic mass is 9.95. The van der Waals surface area contributed by atoms with Gasteiger partial charge < -0.3 is 8.83 Å². The van der Waals surface area contributed by atoms with Gasteiger partial charge in [-0.25, -0.2) is 9.97 Å². The summed E-state index contributed by atoms with van der Waals surface area (Å²) >= 11 is 0.